The van der Waals surface area contributed by atoms with Crippen molar-refractivity contribution in [1.82, 2.24) is 9.88 Å². The number of aryl methyl sites for hydroxylation is 1. The van der Waals surface area contributed by atoms with E-state index in [4.69, 9.17) is 0 Å². The molecule has 1 aromatic heterocycles. The van der Waals surface area contributed by atoms with Gasteiger partial charge in [-0.3, -0.25) is 9.59 Å². The van der Waals surface area contributed by atoms with Crippen molar-refractivity contribution in [2.24, 2.45) is 0 Å². The van der Waals surface area contributed by atoms with Crippen LogP contribution in [0.15, 0.2) is 16.9 Å². The van der Waals surface area contributed by atoms with Gasteiger partial charge in [0, 0.05) is 35.8 Å². The number of pyridine rings is 1. The molecule has 29 heavy (non-hydrogen) atoms. The van der Waals surface area contributed by atoms with E-state index in [-0.39, 0.29) is 23.3 Å². The first-order valence-corrected chi connectivity index (χ1v) is 10.1. The van der Waals surface area contributed by atoms with Gasteiger partial charge >= 0.3 is 5.97 Å². The van der Waals surface area contributed by atoms with Crippen LogP contribution in [0.25, 0.3) is 10.9 Å². The van der Waals surface area contributed by atoms with Gasteiger partial charge < -0.3 is 19.9 Å². The third kappa shape index (κ3) is 2.37. The minimum absolute atomic E-state index is 0.0672. The zero-order valence-corrected chi connectivity index (χ0v) is 16.1. The van der Waals surface area contributed by atoms with E-state index >= 15 is 4.39 Å². The van der Waals surface area contributed by atoms with Crippen LogP contribution in [0.5, 0.6) is 0 Å². The van der Waals surface area contributed by atoms with E-state index < -0.39 is 23.4 Å². The molecular weight excluding hydrogens is 377 g/mol. The molecule has 1 atom stereocenters. The second-order valence-corrected chi connectivity index (χ2v) is 8.18. The van der Waals surface area contributed by atoms with Crippen LogP contribution in [0.4, 0.5) is 10.1 Å². The van der Waals surface area contributed by atoms with Crippen molar-refractivity contribution >= 4 is 28.5 Å². The minimum Gasteiger partial charge on any atom is -0.479 e. The molecule has 1 amide bonds. The lowest BCUT2D eigenvalue weighted by molar-refractivity contribution is -0.142. The fourth-order valence-electron chi connectivity index (χ4n) is 5.04. The first-order valence-electron chi connectivity index (χ1n) is 10.1. The van der Waals surface area contributed by atoms with Crippen molar-refractivity contribution in [2.45, 2.75) is 57.2 Å². The Morgan fingerprint density at radius 1 is 1.34 bits per heavy atom. The second-order valence-electron chi connectivity index (χ2n) is 8.18. The van der Waals surface area contributed by atoms with Crippen LogP contribution < -0.4 is 15.6 Å². The number of nitrogens with zero attached hydrogens (tertiary/aromatic N) is 2. The highest BCUT2D eigenvalue weighted by atomic mass is 19.1. The Labute approximate surface area is 166 Å². The van der Waals surface area contributed by atoms with E-state index in [0.29, 0.717) is 54.7 Å². The molecule has 8 heteroatoms. The molecule has 3 heterocycles. The minimum atomic E-state index is -1.12. The molecule has 152 valence electrons. The topological polar surface area (TPSA) is 91.6 Å². The van der Waals surface area contributed by atoms with Gasteiger partial charge in [-0.2, -0.15) is 0 Å². The van der Waals surface area contributed by atoms with Crippen LogP contribution in [0.2, 0.25) is 0 Å². The van der Waals surface area contributed by atoms with Crippen molar-refractivity contribution in [3.8, 4) is 0 Å². The van der Waals surface area contributed by atoms with Gasteiger partial charge in [0.15, 0.2) is 5.43 Å². The lowest BCUT2D eigenvalue weighted by Crippen LogP contribution is -2.40. The van der Waals surface area contributed by atoms with Gasteiger partial charge in [0.05, 0.1) is 11.2 Å². The zero-order valence-electron chi connectivity index (χ0n) is 16.1. The molecule has 2 N–H and O–H groups in total. The summed E-state index contributed by atoms with van der Waals surface area (Å²) in [5.41, 5.74) is 0.426. The molecule has 1 unspecified atom stereocenters. The van der Waals surface area contributed by atoms with Gasteiger partial charge in [-0.1, -0.05) is 6.92 Å². The molecule has 1 saturated heterocycles. The summed E-state index contributed by atoms with van der Waals surface area (Å²) < 4.78 is 17.0. The Bertz CT molecular complexity index is 1140. The lowest BCUT2D eigenvalue weighted by Gasteiger charge is -2.28. The van der Waals surface area contributed by atoms with Crippen molar-refractivity contribution in [1.29, 1.82) is 0 Å². The molecule has 0 spiro atoms. The molecule has 1 aromatic carbocycles. The largest absolute Gasteiger partial charge is 0.479 e. The number of anilines is 1. The molecule has 1 saturated carbocycles. The number of carbonyl (C=O) groups is 2. The number of nitrogens with one attached hydrogen (secondary N) is 1. The Balaban J connectivity index is 1.92. The number of carbonyl (C=O) groups excluding carboxylic acids is 1. The van der Waals surface area contributed by atoms with Crippen molar-refractivity contribution in [3.05, 3.63) is 39.4 Å². The van der Waals surface area contributed by atoms with Gasteiger partial charge in [0.25, 0.3) is 0 Å². The summed E-state index contributed by atoms with van der Waals surface area (Å²) in [5.74, 6) is -1.65. The summed E-state index contributed by atoms with van der Waals surface area (Å²) in [6, 6.07) is 2.20. The van der Waals surface area contributed by atoms with Crippen LogP contribution in [0, 0.1) is 5.82 Å². The number of rotatable bonds is 3. The van der Waals surface area contributed by atoms with E-state index in [2.05, 4.69) is 5.32 Å². The number of aliphatic carboxylic acids is 1. The maximum absolute atomic E-state index is 15.3. The summed E-state index contributed by atoms with van der Waals surface area (Å²) in [4.78, 5) is 39.3. The Morgan fingerprint density at radius 2 is 2.10 bits per heavy atom. The predicted octanol–water partition coefficient (Wildman–Crippen LogP) is 1.88. The Hall–Kier alpha value is -2.90. The fraction of sp³-hybridized carbons (Fsp3) is 0.476. The van der Waals surface area contributed by atoms with Gasteiger partial charge in [-0.15, -0.1) is 0 Å². The third-order valence-corrected chi connectivity index (χ3v) is 6.59. The number of aromatic nitrogens is 1. The van der Waals surface area contributed by atoms with E-state index in [0.717, 1.165) is 6.42 Å². The fourth-order valence-corrected chi connectivity index (χ4v) is 5.04. The van der Waals surface area contributed by atoms with E-state index in [9.17, 15) is 19.5 Å². The van der Waals surface area contributed by atoms with Crippen LogP contribution in [0.1, 0.15) is 43.9 Å². The monoisotopic (exact) mass is 399 g/mol. The Kier molecular flexibility index (Phi) is 3.78. The van der Waals surface area contributed by atoms with E-state index in [1.807, 2.05) is 6.92 Å². The number of fused-ring (bicyclic) bond motifs is 5. The van der Waals surface area contributed by atoms with E-state index in [1.165, 1.54) is 12.1 Å². The first kappa shape index (κ1) is 18.1. The van der Waals surface area contributed by atoms with Crippen LogP contribution in [-0.4, -0.2) is 34.1 Å². The second kappa shape index (κ2) is 6.05. The van der Waals surface area contributed by atoms with Gasteiger partial charge in [-0.05, 0) is 38.2 Å². The number of hydrogen-bond donors (Lipinski definition) is 2. The van der Waals surface area contributed by atoms with Crippen molar-refractivity contribution in [2.75, 3.05) is 11.4 Å². The molecule has 2 aromatic rings. The number of benzene rings is 1. The smallest absolute Gasteiger partial charge is 0.329 e. The molecule has 5 rings (SSSR count). The van der Waals surface area contributed by atoms with Crippen LogP contribution in [-0.2, 0) is 28.1 Å². The summed E-state index contributed by atoms with van der Waals surface area (Å²) in [5, 5.41) is 13.0. The van der Waals surface area contributed by atoms with E-state index in [1.54, 1.807) is 9.47 Å². The summed E-state index contributed by atoms with van der Waals surface area (Å²) in [7, 11) is 0. The molecule has 7 nitrogen and oxygen atoms in total. The Morgan fingerprint density at radius 3 is 2.76 bits per heavy atom. The predicted molar refractivity (Wildman–Crippen MR) is 105 cm³/mol. The third-order valence-electron chi connectivity index (χ3n) is 6.59. The number of carboxylic acid groups (broad SMARTS) is 1. The zero-order chi connectivity index (χ0) is 20.5. The van der Waals surface area contributed by atoms with Crippen LogP contribution >= 0.6 is 0 Å². The molecule has 2 fully saturated rings. The highest BCUT2D eigenvalue weighted by Gasteiger charge is 2.54. The van der Waals surface area contributed by atoms with Gasteiger partial charge in [0.1, 0.15) is 17.4 Å². The molecule has 1 aliphatic carbocycles. The maximum atomic E-state index is 15.3. The van der Waals surface area contributed by atoms with Crippen LogP contribution in [0.3, 0.4) is 0 Å². The highest BCUT2D eigenvalue weighted by molar-refractivity contribution is 5.95. The first-order chi connectivity index (χ1) is 13.9. The number of hydrogen-bond acceptors (Lipinski definition) is 4. The lowest BCUT2D eigenvalue weighted by atomic mass is 10.0. The number of halogens is 1. The molecule has 3 aliphatic rings. The summed E-state index contributed by atoms with van der Waals surface area (Å²) >= 11 is 0. The molecular formula is C21H22FN3O4. The molecule has 0 radical (unpaired) electrons. The number of amides is 1. The van der Waals surface area contributed by atoms with Crippen molar-refractivity contribution in [3.63, 3.8) is 0 Å². The standard InChI is InChI=1S/C21H22FN3O4/c1-2-11-8-16(26)12-9-14(22)18-13(10-23-19(27)15-4-3-7-24(15)18)17(12)25(11)21(5-6-21)20(28)29/h8-9,15H,2-7,10H2,1H3,(H,23,27)(H,28,29). The maximum Gasteiger partial charge on any atom is 0.329 e. The average molecular weight is 399 g/mol. The van der Waals surface area contributed by atoms with Gasteiger partial charge in [-0.25, -0.2) is 9.18 Å². The normalized spacial score (nSPS) is 22.1. The summed E-state index contributed by atoms with van der Waals surface area (Å²) in [6.45, 7) is 2.49. The quantitative estimate of drug-likeness (QED) is 0.822. The highest BCUT2D eigenvalue weighted by Crippen LogP contribution is 2.48. The molecule has 2 aliphatic heterocycles. The SMILES string of the molecule is CCc1cc(=O)c2cc(F)c3c(c2n1C1(C(=O)O)CC1)CNC(=O)C1CCCN31. The number of carboxylic acids is 1. The molecule has 0 bridgehead atoms. The van der Waals surface area contributed by atoms with Gasteiger partial charge in [0.2, 0.25) is 5.91 Å². The van der Waals surface area contributed by atoms with Crippen molar-refractivity contribution < 1.29 is 19.1 Å². The average Bonchev–Trinajstić information content (AvgIpc) is 3.38. The summed E-state index contributed by atoms with van der Waals surface area (Å²) in [6.07, 6.45) is 2.81.